The predicted octanol–water partition coefficient (Wildman–Crippen LogP) is 1.39. The van der Waals surface area contributed by atoms with Crippen molar-refractivity contribution in [2.75, 3.05) is 25.2 Å². The SMILES string of the molecule is CN(c1cc(Cl)nc2ncnn12)C1CCOCC1. The Morgan fingerprint density at radius 2 is 2.22 bits per heavy atom. The number of ether oxygens (including phenoxy) is 1. The lowest BCUT2D eigenvalue weighted by Crippen LogP contribution is -2.37. The van der Waals surface area contributed by atoms with Gasteiger partial charge in [-0.2, -0.15) is 19.6 Å². The first kappa shape index (κ1) is 11.7. The zero-order valence-electron chi connectivity index (χ0n) is 10.1. The monoisotopic (exact) mass is 267 g/mol. The first-order chi connectivity index (χ1) is 8.75. The predicted molar refractivity (Wildman–Crippen MR) is 68.0 cm³/mol. The van der Waals surface area contributed by atoms with Gasteiger partial charge in [0.25, 0.3) is 5.78 Å². The Hall–Kier alpha value is -1.40. The highest BCUT2D eigenvalue weighted by atomic mass is 35.5. The summed E-state index contributed by atoms with van der Waals surface area (Å²) in [5.41, 5.74) is 0. The van der Waals surface area contributed by atoms with Crippen LogP contribution < -0.4 is 4.90 Å². The first-order valence-corrected chi connectivity index (χ1v) is 6.30. The highest BCUT2D eigenvalue weighted by molar-refractivity contribution is 6.29. The smallest absolute Gasteiger partial charge is 0.255 e. The third-order valence-electron chi connectivity index (χ3n) is 3.30. The van der Waals surface area contributed by atoms with E-state index in [9.17, 15) is 0 Å². The molecule has 0 unspecified atom stereocenters. The van der Waals surface area contributed by atoms with Crippen LogP contribution in [0.2, 0.25) is 5.15 Å². The lowest BCUT2D eigenvalue weighted by molar-refractivity contribution is 0.0853. The molecule has 3 rings (SSSR count). The number of nitrogens with zero attached hydrogens (tertiary/aromatic N) is 5. The Labute approximate surface area is 110 Å². The summed E-state index contributed by atoms with van der Waals surface area (Å²) in [5, 5.41) is 4.62. The summed E-state index contributed by atoms with van der Waals surface area (Å²) < 4.78 is 7.09. The van der Waals surface area contributed by atoms with Gasteiger partial charge in [-0.3, -0.25) is 0 Å². The molecule has 0 saturated carbocycles. The van der Waals surface area contributed by atoms with E-state index in [1.54, 1.807) is 4.52 Å². The Morgan fingerprint density at radius 3 is 3.00 bits per heavy atom. The molecule has 0 spiro atoms. The van der Waals surface area contributed by atoms with E-state index >= 15 is 0 Å². The van der Waals surface area contributed by atoms with Crippen molar-refractivity contribution in [1.29, 1.82) is 0 Å². The van der Waals surface area contributed by atoms with Gasteiger partial charge >= 0.3 is 0 Å². The normalized spacial score (nSPS) is 17.2. The van der Waals surface area contributed by atoms with E-state index in [2.05, 4.69) is 20.0 Å². The number of rotatable bonds is 2. The fourth-order valence-corrected chi connectivity index (χ4v) is 2.45. The number of fused-ring (bicyclic) bond motifs is 1. The van der Waals surface area contributed by atoms with Crippen LogP contribution in [-0.2, 0) is 4.74 Å². The maximum atomic E-state index is 6.02. The second-order valence-corrected chi connectivity index (χ2v) is 4.75. The molecular formula is C11H14ClN5O. The first-order valence-electron chi connectivity index (χ1n) is 5.92. The van der Waals surface area contributed by atoms with Crippen LogP contribution in [0.4, 0.5) is 5.82 Å². The standard InChI is InChI=1S/C11H14ClN5O/c1-16(8-2-4-18-5-3-8)10-6-9(12)15-11-13-7-14-17(10)11/h6-8H,2-5H2,1H3. The second kappa shape index (κ2) is 4.70. The second-order valence-electron chi connectivity index (χ2n) is 4.36. The maximum Gasteiger partial charge on any atom is 0.255 e. The summed E-state index contributed by atoms with van der Waals surface area (Å²) in [6, 6.07) is 2.25. The van der Waals surface area contributed by atoms with Gasteiger partial charge in [0, 0.05) is 32.4 Å². The number of halogens is 1. The van der Waals surface area contributed by atoms with Crippen LogP contribution in [0.1, 0.15) is 12.8 Å². The minimum Gasteiger partial charge on any atom is -0.381 e. The average molecular weight is 268 g/mol. The van der Waals surface area contributed by atoms with Crippen molar-refractivity contribution >= 4 is 23.2 Å². The fourth-order valence-electron chi connectivity index (χ4n) is 2.28. The molecule has 2 aromatic heterocycles. The van der Waals surface area contributed by atoms with E-state index in [1.165, 1.54) is 6.33 Å². The summed E-state index contributed by atoms with van der Waals surface area (Å²) in [6.45, 7) is 1.60. The molecule has 96 valence electrons. The molecule has 0 amide bonds. The van der Waals surface area contributed by atoms with Gasteiger partial charge in [-0.25, -0.2) is 0 Å². The van der Waals surface area contributed by atoms with Crippen LogP contribution >= 0.6 is 11.6 Å². The third kappa shape index (κ3) is 2.02. The highest BCUT2D eigenvalue weighted by Gasteiger charge is 2.21. The van der Waals surface area contributed by atoms with Crippen molar-refractivity contribution in [1.82, 2.24) is 19.6 Å². The van der Waals surface area contributed by atoms with Crippen molar-refractivity contribution in [2.45, 2.75) is 18.9 Å². The van der Waals surface area contributed by atoms with Crippen molar-refractivity contribution in [3.63, 3.8) is 0 Å². The van der Waals surface area contributed by atoms with Gasteiger partial charge in [0.15, 0.2) is 0 Å². The van der Waals surface area contributed by atoms with E-state index in [4.69, 9.17) is 16.3 Å². The van der Waals surface area contributed by atoms with Gasteiger partial charge in [-0.05, 0) is 12.8 Å². The summed E-state index contributed by atoms with van der Waals surface area (Å²) in [5.74, 6) is 1.44. The van der Waals surface area contributed by atoms with Gasteiger partial charge < -0.3 is 9.64 Å². The van der Waals surface area contributed by atoms with E-state index in [0.29, 0.717) is 17.0 Å². The van der Waals surface area contributed by atoms with Gasteiger partial charge in [0.1, 0.15) is 17.3 Å². The molecule has 0 radical (unpaired) electrons. The number of hydrogen-bond donors (Lipinski definition) is 0. The van der Waals surface area contributed by atoms with E-state index in [1.807, 2.05) is 13.1 Å². The number of aromatic nitrogens is 4. The zero-order valence-corrected chi connectivity index (χ0v) is 10.8. The molecule has 0 aliphatic carbocycles. The van der Waals surface area contributed by atoms with Crippen molar-refractivity contribution < 1.29 is 4.74 Å². The molecule has 1 fully saturated rings. The van der Waals surface area contributed by atoms with Crippen LogP contribution in [0.3, 0.4) is 0 Å². The molecule has 0 N–H and O–H groups in total. The molecule has 1 saturated heterocycles. The fraction of sp³-hybridized carbons (Fsp3) is 0.545. The molecular weight excluding hydrogens is 254 g/mol. The van der Waals surface area contributed by atoms with Crippen LogP contribution in [0.5, 0.6) is 0 Å². The molecule has 2 aromatic rings. The Bertz CT molecular complexity index is 551. The summed E-state index contributed by atoms with van der Waals surface area (Å²) in [6.07, 6.45) is 3.50. The van der Waals surface area contributed by atoms with Crippen LogP contribution in [0, 0.1) is 0 Å². The number of anilines is 1. The molecule has 1 aliphatic rings. The lowest BCUT2D eigenvalue weighted by Gasteiger charge is -2.32. The Balaban J connectivity index is 1.99. The zero-order chi connectivity index (χ0) is 12.5. The molecule has 6 nitrogen and oxygen atoms in total. The minimum absolute atomic E-state index is 0.435. The van der Waals surface area contributed by atoms with E-state index in [-0.39, 0.29) is 0 Å². The molecule has 3 heterocycles. The van der Waals surface area contributed by atoms with E-state index < -0.39 is 0 Å². The average Bonchev–Trinajstić information content (AvgIpc) is 2.86. The van der Waals surface area contributed by atoms with Crippen LogP contribution in [0.25, 0.3) is 5.78 Å². The van der Waals surface area contributed by atoms with Crippen molar-refractivity contribution in [2.24, 2.45) is 0 Å². The highest BCUT2D eigenvalue weighted by Crippen LogP contribution is 2.23. The topological polar surface area (TPSA) is 55.6 Å². The lowest BCUT2D eigenvalue weighted by atomic mass is 10.1. The molecule has 0 atom stereocenters. The Kier molecular flexibility index (Phi) is 3.05. The molecule has 0 aromatic carbocycles. The summed E-state index contributed by atoms with van der Waals surface area (Å²) in [7, 11) is 2.04. The summed E-state index contributed by atoms with van der Waals surface area (Å²) >= 11 is 6.02. The minimum atomic E-state index is 0.435. The molecule has 7 heteroatoms. The maximum absolute atomic E-state index is 6.02. The quantitative estimate of drug-likeness (QED) is 0.770. The number of hydrogen-bond acceptors (Lipinski definition) is 5. The third-order valence-corrected chi connectivity index (χ3v) is 3.50. The largest absolute Gasteiger partial charge is 0.381 e. The van der Waals surface area contributed by atoms with Crippen LogP contribution in [-0.4, -0.2) is 45.9 Å². The van der Waals surface area contributed by atoms with E-state index in [0.717, 1.165) is 31.9 Å². The van der Waals surface area contributed by atoms with Gasteiger partial charge in [0.05, 0.1) is 0 Å². The summed E-state index contributed by atoms with van der Waals surface area (Å²) in [4.78, 5) is 10.4. The molecule has 1 aliphatic heterocycles. The van der Waals surface area contributed by atoms with Crippen LogP contribution in [0.15, 0.2) is 12.4 Å². The van der Waals surface area contributed by atoms with Crippen molar-refractivity contribution in [3.8, 4) is 0 Å². The van der Waals surface area contributed by atoms with Gasteiger partial charge in [-0.15, -0.1) is 0 Å². The van der Waals surface area contributed by atoms with Crippen molar-refractivity contribution in [3.05, 3.63) is 17.5 Å². The Morgan fingerprint density at radius 1 is 1.44 bits per heavy atom. The molecule has 18 heavy (non-hydrogen) atoms. The molecule has 0 bridgehead atoms. The van der Waals surface area contributed by atoms with Gasteiger partial charge in [0.2, 0.25) is 0 Å². The van der Waals surface area contributed by atoms with Gasteiger partial charge in [-0.1, -0.05) is 11.6 Å².